The molecule has 0 atom stereocenters. The Morgan fingerprint density at radius 1 is 0.650 bits per heavy atom. The molecule has 0 saturated heterocycles. The van der Waals surface area contributed by atoms with Crippen LogP contribution in [0.25, 0.3) is 0 Å². The second-order valence-electron chi connectivity index (χ2n) is 9.52. The second kappa shape index (κ2) is 16.4. The van der Waals surface area contributed by atoms with Crippen LogP contribution < -0.4 is 0 Å². The van der Waals surface area contributed by atoms with E-state index < -0.39 is 0 Å². The van der Waals surface area contributed by atoms with E-state index in [1.54, 1.807) is 59.9 Å². The van der Waals surface area contributed by atoms with Crippen molar-refractivity contribution in [2.75, 3.05) is 0 Å². The Bertz CT molecular complexity index is 1230. The summed E-state index contributed by atoms with van der Waals surface area (Å²) in [6, 6.07) is 21.5. The van der Waals surface area contributed by atoms with Crippen molar-refractivity contribution in [3.8, 4) is 17.2 Å². The number of thiol groups is 1. The molecule has 3 aliphatic rings. The third kappa shape index (κ3) is 11.0. The Balaban J connectivity index is 0.000000154. The van der Waals surface area contributed by atoms with Crippen LogP contribution in [0.3, 0.4) is 0 Å². The van der Waals surface area contributed by atoms with Gasteiger partial charge < -0.3 is 20.4 Å². The maximum Gasteiger partial charge on any atom is 0.135 e. The van der Waals surface area contributed by atoms with Crippen LogP contribution in [-0.2, 0) is 9.59 Å². The number of carbonyl (C=O) groups is 2. The Morgan fingerprint density at radius 3 is 1.40 bits per heavy atom. The Kier molecular flexibility index (Phi) is 13.3. The smallest absolute Gasteiger partial charge is 0.135 e. The number of aromatic hydroxyl groups is 3. The lowest BCUT2D eigenvalue weighted by atomic mass is 9.96. The summed E-state index contributed by atoms with van der Waals surface area (Å²) in [4.78, 5) is 23.7. The van der Waals surface area contributed by atoms with Gasteiger partial charge >= 0.3 is 0 Å². The molecule has 0 aromatic heterocycles. The number of carbonyl (C=O) groups excluding carboxylic acids is 2. The molecule has 3 aromatic carbocycles. The lowest BCUT2D eigenvalue weighted by Gasteiger charge is -2.30. The molecule has 3 aliphatic carbocycles. The van der Waals surface area contributed by atoms with Crippen molar-refractivity contribution in [2.45, 2.75) is 74.6 Å². The molecule has 3 saturated carbocycles. The number of halogens is 1. The summed E-state index contributed by atoms with van der Waals surface area (Å²) in [6.45, 7) is 0. The van der Waals surface area contributed by atoms with Gasteiger partial charge in [-0.05, 0) is 49.2 Å². The van der Waals surface area contributed by atoms with E-state index in [0.29, 0.717) is 56.1 Å². The van der Waals surface area contributed by atoms with Crippen molar-refractivity contribution in [1.29, 1.82) is 0 Å². The molecule has 0 radical (unpaired) electrons. The first kappa shape index (κ1) is 32.4. The molecule has 10 heteroatoms. The molecule has 6 nitrogen and oxygen atoms in total. The van der Waals surface area contributed by atoms with Crippen LogP contribution in [-0.4, -0.2) is 53.4 Å². The fourth-order valence-corrected chi connectivity index (χ4v) is 7.00. The highest BCUT2D eigenvalue weighted by atomic mass is 79.9. The lowest BCUT2D eigenvalue weighted by molar-refractivity contribution is -0.123. The topological polar surface area (TPSA) is 115 Å². The summed E-state index contributed by atoms with van der Waals surface area (Å²) in [7, 11) is 0. The van der Waals surface area contributed by atoms with Crippen molar-refractivity contribution < 1.29 is 30.0 Å². The average Bonchev–Trinajstić information content (AvgIpc) is 2.87. The molecule has 3 aromatic rings. The number of alkyl halides is 1. The molecule has 6 rings (SSSR count). The van der Waals surface area contributed by atoms with E-state index in [1.165, 1.54) is 0 Å². The molecular weight excluding hydrogens is 632 g/mol. The van der Waals surface area contributed by atoms with Gasteiger partial charge in [-0.2, -0.15) is 0 Å². The van der Waals surface area contributed by atoms with Crippen LogP contribution in [0.15, 0.2) is 87.5 Å². The molecule has 40 heavy (non-hydrogen) atoms. The number of aliphatic hydroxyl groups excluding tert-OH is 1. The van der Waals surface area contributed by atoms with Crippen molar-refractivity contribution in [3.63, 3.8) is 0 Å². The van der Waals surface area contributed by atoms with Gasteiger partial charge in [-0.15, -0.1) is 36.2 Å². The van der Waals surface area contributed by atoms with Gasteiger partial charge in [0.05, 0.1) is 6.10 Å². The number of para-hydroxylation sites is 3. The third-order valence-corrected chi connectivity index (χ3v) is 9.69. The fraction of sp³-hybridized carbons (Fsp3) is 0.333. The van der Waals surface area contributed by atoms with E-state index in [9.17, 15) is 19.8 Å². The van der Waals surface area contributed by atoms with E-state index in [-0.39, 0.29) is 11.9 Å². The normalized spacial score (nSPS) is 19.7. The highest BCUT2D eigenvalue weighted by molar-refractivity contribution is 9.09. The molecule has 214 valence electrons. The minimum absolute atomic E-state index is 0.122. The van der Waals surface area contributed by atoms with Crippen LogP contribution in [0.2, 0.25) is 0 Å². The minimum Gasteiger partial charge on any atom is -0.507 e. The molecule has 0 unspecified atom stereocenters. The van der Waals surface area contributed by atoms with Gasteiger partial charge in [-0.25, -0.2) is 0 Å². The SMILES string of the molecule is O=C1CC(Br)C1.O=C1CC(Sc2ccccc2O)C1.Oc1ccccc1S.Oc1ccccc1SC1CC(O)C1. The van der Waals surface area contributed by atoms with E-state index >= 15 is 0 Å². The van der Waals surface area contributed by atoms with E-state index in [2.05, 4.69) is 28.6 Å². The Hall–Kier alpha value is -2.11. The predicted octanol–water partition coefficient (Wildman–Crippen LogP) is 7.02. The number of phenols is 3. The third-order valence-electron chi connectivity index (χ3n) is 6.08. The molecule has 0 spiro atoms. The lowest BCUT2D eigenvalue weighted by Crippen LogP contribution is -2.30. The largest absolute Gasteiger partial charge is 0.507 e. The minimum atomic E-state index is -0.122. The first-order valence-electron chi connectivity index (χ1n) is 12.8. The summed E-state index contributed by atoms with van der Waals surface area (Å²) >= 11 is 10.5. The van der Waals surface area contributed by atoms with Crippen molar-refractivity contribution in [2.24, 2.45) is 0 Å². The zero-order chi connectivity index (χ0) is 29.1. The van der Waals surface area contributed by atoms with E-state index in [4.69, 9.17) is 10.2 Å². The van der Waals surface area contributed by atoms with Crippen LogP contribution in [0, 0.1) is 0 Å². The number of Topliss-reactive ketones (excluding diaryl/α,β-unsaturated/α-hetero) is 2. The summed E-state index contributed by atoms with van der Waals surface area (Å²) in [5, 5.41) is 37.7. The fourth-order valence-electron chi connectivity index (χ4n) is 3.54. The van der Waals surface area contributed by atoms with Gasteiger partial charge in [0, 0.05) is 55.7 Å². The molecular formula is C30H33BrO6S3. The van der Waals surface area contributed by atoms with Crippen LogP contribution >= 0.6 is 52.1 Å². The Morgan fingerprint density at radius 2 is 1.07 bits per heavy atom. The highest BCUT2D eigenvalue weighted by Crippen LogP contribution is 2.40. The van der Waals surface area contributed by atoms with Gasteiger partial charge in [-0.1, -0.05) is 52.3 Å². The average molecular weight is 666 g/mol. The van der Waals surface area contributed by atoms with Gasteiger partial charge in [0.1, 0.15) is 28.8 Å². The summed E-state index contributed by atoms with van der Waals surface area (Å²) in [5.74, 6) is 1.60. The van der Waals surface area contributed by atoms with Gasteiger partial charge in [0.25, 0.3) is 0 Å². The molecule has 4 N–H and O–H groups in total. The standard InChI is InChI=1S/C10H12O2S.C10H10O2S.C6H6OS.C4H5BrO/c2*11-7-5-8(6-7)13-10-4-2-1-3-9(10)12;7-5-3-1-2-4-6(5)8;5-3-1-4(6)2-3/h1-4,7-8,11-12H,5-6H2;1-4,8,12H,5-6H2;1-4,7-8H;3H,1-2H2. The molecule has 0 bridgehead atoms. The van der Waals surface area contributed by atoms with Crippen LogP contribution in [0.1, 0.15) is 38.5 Å². The van der Waals surface area contributed by atoms with Crippen molar-refractivity contribution in [3.05, 3.63) is 72.8 Å². The number of rotatable bonds is 4. The number of hydrogen-bond acceptors (Lipinski definition) is 9. The highest BCUT2D eigenvalue weighted by Gasteiger charge is 2.29. The molecule has 0 aliphatic heterocycles. The summed E-state index contributed by atoms with van der Waals surface area (Å²) < 4.78 is 0. The number of aliphatic hydroxyl groups is 1. The van der Waals surface area contributed by atoms with Crippen molar-refractivity contribution in [1.82, 2.24) is 0 Å². The first-order chi connectivity index (χ1) is 19.1. The zero-order valence-corrected chi connectivity index (χ0v) is 25.8. The maximum atomic E-state index is 10.7. The van der Waals surface area contributed by atoms with E-state index in [1.807, 2.05) is 36.4 Å². The second-order valence-corrected chi connectivity index (χ2v) is 14.0. The number of thioether (sulfide) groups is 2. The first-order valence-corrected chi connectivity index (χ1v) is 15.9. The number of hydrogen-bond donors (Lipinski definition) is 5. The summed E-state index contributed by atoms with van der Waals surface area (Å²) in [6.07, 6.45) is 4.37. The van der Waals surface area contributed by atoms with Crippen LogP contribution in [0.5, 0.6) is 17.2 Å². The van der Waals surface area contributed by atoms with Crippen molar-refractivity contribution >= 4 is 63.6 Å². The van der Waals surface area contributed by atoms with Gasteiger partial charge in [-0.3, -0.25) is 9.59 Å². The molecule has 0 heterocycles. The number of benzene rings is 3. The monoisotopic (exact) mass is 664 g/mol. The van der Waals surface area contributed by atoms with Gasteiger partial charge in [0.15, 0.2) is 0 Å². The predicted molar refractivity (Wildman–Crippen MR) is 167 cm³/mol. The molecule has 3 fully saturated rings. The number of phenolic OH excluding ortho intramolecular Hbond substituents is 3. The Labute approximate surface area is 257 Å². The summed E-state index contributed by atoms with van der Waals surface area (Å²) in [5.41, 5.74) is 0. The zero-order valence-electron chi connectivity index (χ0n) is 21.7. The van der Waals surface area contributed by atoms with Gasteiger partial charge in [0.2, 0.25) is 0 Å². The number of ketones is 2. The molecule has 0 amide bonds. The van der Waals surface area contributed by atoms with E-state index in [0.717, 1.165) is 35.5 Å². The maximum absolute atomic E-state index is 10.7. The quantitative estimate of drug-likeness (QED) is 0.149. The van der Waals surface area contributed by atoms with Crippen LogP contribution in [0.4, 0.5) is 0 Å².